The third kappa shape index (κ3) is 2.81. The molecule has 3 N–H and O–H groups in total. The first kappa shape index (κ1) is 10.7. The first-order valence-electron chi connectivity index (χ1n) is 5.39. The number of benzene rings is 1. The van der Waals surface area contributed by atoms with E-state index < -0.39 is 7.12 Å². The van der Waals surface area contributed by atoms with Crippen molar-refractivity contribution in [1.82, 2.24) is 5.32 Å². The molecule has 4 heteroatoms. The number of hydrogen-bond donors (Lipinski definition) is 3. The molecule has 0 radical (unpaired) electrons. The summed E-state index contributed by atoms with van der Waals surface area (Å²) in [4.78, 5) is 0. The monoisotopic (exact) mass is 205 g/mol. The summed E-state index contributed by atoms with van der Waals surface area (Å²) in [5, 5.41) is 21.4. The lowest BCUT2D eigenvalue weighted by atomic mass is 9.80. The van der Waals surface area contributed by atoms with Crippen molar-refractivity contribution >= 4 is 12.6 Å². The Hall–Kier alpha value is -0.835. The highest BCUT2D eigenvalue weighted by atomic mass is 16.4. The lowest BCUT2D eigenvalue weighted by Crippen LogP contribution is -2.30. The van der Waals surface area contributed by atoms with Gasteiger partial charge in [0, 0.05) is 12.1 Å². The molecule has 1 saturated carbocycles. The van der Waals surface area contributed by atoms with Gasteiger partial charge in [0.15, 0.2) is 0 Å². The highest BCUT2D eigenvalue weighted by molar-refractivity contribution is 6.58. The zero-order valence-corrected chi connectivity index (χ0v) is 8.85. The Morgan fingerprint density at radius 1 is 1.27 bits per heavy atom. The van der Waals surface area contributed by atoms with Gasteiger partial charge in [-0.3, -0.25) is 0 Å². The molecule has 1 aromatic carbocycles. The largest absolute Gasteiger partial charge is 0.488 e. The normalized spacial score (nSPS) is 17.5. The lowest BCUT2D eigenvalue weighted by molar-refractivity contribution is 0.425. The van der Waals surface area contributed by atoms with Gasteiger partial charge >= 0.3 is 7.12 Å². The van der Waals surface area contributed by atoms with Gasteiger partial charge in [-0.1, -0.05) is 24.3 Å². The molecule has 1 atom stereocenters. The zero-order valence-electron chi connectivity index (χ0n) is 8.85. The Bertz CT molecular complexity index is 322. The van der Waals surface area contributed by atoms with Crippen LogP contribution in [0.1, 0.15) is 31.4 Å². The first-order chi connectivity index (χ1) is 7.16. The van der Waals surface area contributed by atoms with Gasteiger partial charge in [0.25, 0.3) is 0 Å². The van der Waals surface area contributed by atoms with Crippen molar-refractivity contribution < 1.29 is 10.0 Å². The summed E-state index contributed by atoms with van der Waals surface area (Å²) in [6, 6.07) is 8.41. The Morgan fingerprint density at radius 2 is 1.87 bits per heavy atom. The fraction of sp³-hybridized carbons (Fsp3) is 0.455. The van der Waals surface area contributed by atoms with Crippen LogP contribution in [0.2, 0.25) is 0 Å². The Morgan fingerprint density at radius 3 is 2.33 bits per heavy atom. The minimum atomic E-state index is -1.37. The van der Waals surface area contributed by atoms with E-state index in [4.69, 9.17) is 10.0 Å². The molecule has 0 bridgehead atoms. The van der Waals surface area contributed by atoms with Crippen LogP contribution in [0.15, 0.2) is 24.3 Å². The van der Waals surface area contributed by atoms with Crippen molar-refractivity contribution in [2.75, 3.05) is 0 Å². The van der Waals surface area contributed by atoms with Gasteiger partial charge < -0.3 is 15.4 Å². The summed E-state index contributed by atoms with van der Waals surface area (Å²) in [6.45, 7) is 2.13. The Balaban J connectivity index is 2.01. The van der Waals surface area contributed by atoms with Crippen LogP contribution in [0.5, 0.6) is 0 Å². The van der Waals surface area contributed by atoms with E-state index in [9.17, 15) is 0 Å². The third-order valence-corrected chi connectivity index (χ3v) is 2.80. The SMILES string of the molecule is CC(NC1CC1)c1ccc(B(O)O)cc1. The van der Waals surface area contributed by atoms with Crippen LogP contribution in [0.4, 0.5) is 0 Å². The number of nitrogens with one attached hydrogen (secondary N) is 1. The van der Waals surface area contributed by atoms with Crippen molar-refractivity contribution in [3.05, 3.63) is 29.8 Å². The summed E-state index contributed by atoms with van der Waals surface area (Å²) in [7, 11) is -1.37. The van der Waals surface area contributed by atoms with Gasteiger partial charge in [-0.25, -0.2) is 0 Å². The first-order valence-corrected chi connectivity index (χ1v) is 5.39. The van der Waals surface area contributed by atoms with E-state index in [-0.39, 0.29) is 0 Å². The van der Waals surface area contributed by atoms with E-state index >= 15 is 0 Å². The van der Waals surface area contributed by atoms with Crippen molar-refractivity contribution in [2.45, 2.75) is 31.8 Å². The molecule has 0 aromatic heterocycles. The molecule has 3 nitrogen and oxygen atoms in total. The van der Waals surface area contributed by atoms with E-state index in [0.717, 1.165) is 0 Å². The molecule has 0 heterocycles. The molecule has 1 unspecified atom stereocenters. The summed E-state index contributed by atoms with van der Waals surface area (Å²) < 4.78 is 0. The number of hydrogen-bond acceptors (Lipinski definition) is 3. The predicted octanol–water partition coefficient (Wildman–Crippen LogP) is 0.179. The highest BCUT2D eigenvalue weighted by Crippen LogP contribution is 2.23. The topological polar surface area (TPSA) is 52.5 Å². The van der Waals surface area contributed by atoms with Crippen LogP contribution < -0.4 is 10.8 Å². The molecule has 0 aliphatic heterocycles. The lowest BCUT2D eigenvalue weighted by Gasteiger charge is -2.13. The van der Waals surface area contributed by atoms with Gasteiger partial charge in [-0.2, -0.15) is 0 Å². The van der Waals surface area contributed by atoms with Gasteiger partial charge in [-0.05, 0) is 30.8 Å². The maximum atomic E-state index is 8.95. The standard InChI is InChI=1S/C11H16BNO2/c1-8(13-11-6-7-11)9-2-4-10(5-3-9)12(14)15/h2-5,8,11,13-15H,6-7H2,1H3. The smallest absolute Gasteiger partial charge is 0.423 e. The summed E-state index contributed by atoms with van der Waals surface area (Å²) >= 11 is 0. The Labute approximate surface area is 90.3 Å². The van der Waals surface area contributed by atoms with Crippen LogP contribution in [0.25, 0.3) is 0 Å². The van der Waals surface area contributed by atoms with Crippen LogP contribution in [-0.2, 0) is 0 Å². The molecular formula is C11H16BNO2. The molecule has 1 aliphatic rings. The molecule has 0 saturated heterocycles. The molecule has 1 fully saturated rings. The van der Waals surface area contributed by atoms with Crippen LogP contribution in [-0.4, -0.2) is 23.2 Å². The fourth-order valence-electron chi connectivity index (χ4n) is 1.66. The molecule has 80 valence electrons. The minimum Gasteiger partial charge on any atom is -0.423 e. The fourth-order valence-corrected chi connectivity index (χ4v) is 1.66. The second-order valence-electron chi connectivity index (χ2n) is 4.20. The second-order valence-corrected chi connectivity index (χ2v) is 4.20. The molecule has 1 aliphatic carbocycles. The molecule has 1 aromatic rings. The summed E-state index contributed by atoms with van der Waals surface area (Å²) in [5.41, 5.74) is 1.73. The van der Waals surface area contributed by atoms with Gasteiger partial charge in [0.05, 0.1) is 0 Å². The number of rotatable bonds is 4. The molecule has 0 spiro atoms. The van der Waals surface area contributed by atoms with Gasteiger partial charge in [-0.15, -0.1) is 0 Å². The van der Waals surface area contributed by atoms with E-state index in [1.54, 1.807) is 12.1 Å². The minimum absolute atomic E-state index is 0.336. The maximum Gasteiger partial charge on any atom is 0.488 e. The van der Waals surface area contributed by atoms with Crippen molar-refractivity contribution in [3.63, 3.8) is 0 Å². The van der Waals surface area contributed by atoms with E-state index in [1.807, 2.05) is 12.1 Å². The van der Waals surface area contributed by atoms with E-state index in [2.05, 4.69) is 12.2 Å². The predicted molar refractivity (Wildman–Crippen MR) is 60.8 cm³/mol. The summed E-state index contributed by atoms with van der Waals surface area (Å²) in [5.74, 6) is 0. The second kappa shape index (κ2) is 4.35. The van der Waals surface area contributed by atoms with Crippen molar-refractivity contribution in [2.24, 2.45) is 0 Å². The summed E-state index contributed by atoms with van der Waals surface area (Å²) in [6.07, 6.45) is 2.55. The molecule has 0 amide bonds. The van der Waals surface area contributed by atoms with Crippen LogP contribution in [0.3, 0.4) is 0 Å². The molecular weight excluding hydrogens is 189 g/mol. The van der Waals surface area contributed by atoms with E-state index in [1.165, 1.54) is 18.4 Å². The highest BCUT2D eigenvalue weighted by Gasteiger charge is 2.23. The Kier molecular flexibility index (Phi) is 3.10. The van der Waals surface area contributed by atoms with Crippen LogP contribution >= 0.6 is 0 Å². The van der Waals surface area contributed by atoms with Gasteiger partial charge in [0.1, 0.15) is 0 Å². The average Bonchev–Trinajstić information content (AvgIpc) is 3.02. The molecule has 15 heavy (non-hydrogen) atoms. The zero-order chi connectivity index (χ0) is 10.8. The maximum absolute atomic E-state index is 8.95. The quantitative estimate of drug-likeness (QED) is 0.614. The molecule has 2 rings (SSSR count). The average molecular weight is 205 g/mol. The van der Waals surface area contributed by atoms with Gasteiger partial charge in [0.2, 0.25) is 0 Å². The van der Waals surface area contributed by atoms with E-state index in [0.29, 0.717) is 17.5 Å². The van der Waals surface area contributed by atoms with Crippen LogP contribution in [0, 0.1) is 0 Å². The third-order valence-electron chi connectivity index (χ3n) is 2.80. The van der Waals surface area contributed by atoms with Crippen molar-refractivity contribution in [1.29, 1.82) is 0 Å². The van der Waals surface area contributed by atoms with Crippen molar-refractivity contribution in [3.8, 4) is 0 Å².